The van der Waals surface area contributed by atoms with Crippen LogP contribution in [0, 0.1) is 6.92 Å². The first-order valence-electron chi connectivity index (χ1n) is 14.0. The van der Waals surface area contributed by atoms with Crippen LogP contribution in [0.15, 0.2) is 91.8 Å². The Hall–Kier alpha value is -3.86. The molecule has 0 spiro atoms. The van der Waals surface area contributed by atoms with Crippen LogP contribution in [0.1, 0.15) is 23.6 Å². The summed E-state index contributed by atoms with van der Waals surface area (Å²) in [6, 6.07) is 17.6. The number of aromatic nitrogens is 4. The van der Waals surface area contributed by atoms with Crippen LogP contribution in [0.2, 0.25) is 0 Å². The maximum atomic E-state index is 13.1. The van der Waals surface area contributed by atoms with Gasteiger partial charge in [-0.3, -0.25) is 18.7 Å². The molecule has 1 atom stereocenters. The highest BCUT2D eigenvalue weighted by Gasteiger charge is 2.27. The molecule has 0 bridgehead atoms. The SMILES string of the molecule is COc1cccc(-n2c(=O)c3c(c4cccnc42)SC(C)C3)c1.Cc1ccsc1-n1c(=O)c2c(c3cccnc31)SCC2. The number of benzene rings is 1. The van der Waals surface area contributed by atoms with E-state index >= 15 is 0 Å². The van der Waals surface area contributed by atoms with Crippen molar-refractivity contribution in [2.24, 2.45) is 0 Å². The summed E-state index contributed by atoms with van der Waals surface area (Å²) in [5, 5.41) is 5.56. The number of thioether (sulfide) groups is 2. The Balaban J connectivity index is 0.000000141. The van der Waals surface area contributed by atoms with Gasteiger partial charge in [0.15, 0.2) is 0 Å². The molecule has 216 valence electrons. The van der Waals surface area contributed by atoms with Gasteiger partial charge in [0.2, 0.25) is 0 Å². The van der Waals surface area contributed by atoms with E-state index in [1.165, 1.54) is 0 Å². The maximum absolute atomic E-state index is 13.1. The molecule has 0 amide bonds. The molecule has 1 aromatic carbocycles. The van der Waals surface area contributed by atoms with E-state index in [0.29, 0.717) is 10.9 Å². The summed E-state index contributed by atoms with van der Waals surface area (Å²) in [6.45, 7) is 4.19. The van der Waals surface area contributed by atoms with Crippen LogP contribution in [0.4, 0.5) is 0 Å². The van der Waals surface area contributed by atoms with Crippen molar-refractivity contribution in [3.05, 3.63) is 110 Å². The van der Waals surface area contributed by atoms with E-state index in [1.807, 2.05) is 60.8 Å². The van der Waals surface area contributed by atoms with Crippen LogP contribution in [0.25, 0.3) is 32.8 Å². The molecular weight excluding hydrogens is 597 g/mol. The first-order chi connectivity index (χ1) is 21.0. The minimum absolute atomic E-state index is 0.0244. The fourth-order valence-corrected chi connectivity index (χ4v) is 9.11. The minimum atomic E-state index is 0.0244. The Morgan fingerprint density at radius 1 is 0.884 bits per heavy atom. The quantitative estimate of drug-likeness (QED) is 0.213. The fraction of sp³-hybridized carbons (Fsp3) is 0.212. The monoisotopic (exact) mass is 624 g/mol. The van der Waals surface area contributed by atoms with Crippen molar-refractivity contribution in [2.45, 2.75) is 41.7 Å². The molecule has 2 aliphatic heterocycles. The van der Waals surface area contributed by atoms with Crippen LogP contribution < -0.4 is 15.9 Å². The number of ether oxygens (including phenoxy) is 1. The van der Waals surface area contributed by atoms with E-state index in [-0.39, 0.29) is 11.1 Å². The molecule has 0 radical (unpaired) electrons. The Labute approximate surface area is 260 Å². The van der Waals surface area contributed by atoms with E-state index in [2.05, 4.69) is 23.0 Å². The smallest absolute Gasteiger partial charge is 0.261 e. The Morgan fingerprint density at radius 2 is 1.60 bits per heavy atom. The molecule has 2 aliphatic rings. The van der Waals surface area contributed by atoms with Gasteiger partial charge in [0.25, 0.3) is 11.1 Å². The van der Waals surface area contributed by atoms with Crippen molar-refractivity contribution < 1.29 is 4.74 Å². The van der Waals surface area contributed by atoms with Crippen LogP contribution in [0.3, 0.4) is 0 Å². The molecule has 8 rings (SSSR count). The maximum Gasteiger partial charge on any atom is 0.261 e. The lowest BCUT2D eigenvalue weighted by atomic mass is 10.1. The van der Waals surface area contributed by atoms with Crippen molar-refractivity contribution in [1.29, 1.82) is 0 Å². The lowest BCUT2D eigenvalue weighted by Gasteiger charge is -2.13. The third-order valence-corrected chi connectivity index (χ3v) is 11.1. The van der Waals surface area contributed by atoms with Crippen molar-refractivity contribution in [1.82, 2.24) is 19.1 Å². The summed E-state index contributed by atoms with van der Waals surface area (Å²) in [6.07, 6.45) is 5.14. The molecule has 5 aromatic heterocycles. The number of thiophene rings is 1. The van der Waals surface area contributed by atoms with Crippen molar-refractivity contribution in [3.63, 3.8) is 0 Å². The summed E-state index contributed by atoms with van der Waals surface area (Å²) < 4.78 is 8.79. The van der Waals surface area contributed by atoms with Gasteiger partial charge >= 0.3 is 0 Å². The van der Waals surface area contributed by atoms with Gasteiger partial charge in [-0.15, -0.1) is 34.9 Å². The highest BCUT2D eigenvalue weighted by Crippen LogP contribution is 2.40. The lowest BCUT2D eigenvalue weighted by Crippen LogP contribution is -2.23. The summed E-state index contributed by atoms with van der Waals surface area (Å²) >= 11 is 5.13. The van der Waals surface area contributed by atoms with Crippen molar-refractivity contribution in [2.75, 3.05) is 12.9 Å². The number of aryl methyl sites for hydroxylation is 1. The van der Waals surface area contributed by atoms with E-state index in [9.17, 15) is 9.59 Å². The van der Waals surface area contributed by atoms with Gasteiger partial charge in [-0.05, 0) is 73.2 Å². The molecule has 0 saturated carbocycles. The number of rotatable bonds is 3. The fourth-order valence-electron chi connectivity index (χ4n) is 5.74. The summed E-state index contributed by atoms with van der Waals surface area (Å²) in [5.41, 5.74) is 5.34. The molecule has 7 heterocycles. The van der Waals surface area contributed by atoms with Gasteiger partial charge in [0.05, 0.1) is 12.8 Å². The molecule has 0 saturated heterocycles. The molecule has 1 unspecified atom stereocenters. The zero-order valence-electron chi connectivity index (χ0n) is 23.9. The van der Waals surface area contributed by atoms with E-state index < -0.39 is 0 Å². The average molecular weight is 625 g/mol. The second kappa shape index (κ2) is 11.3. The number of fused-ring (bicyclic) bond motifs is 6. The molecule has 0 N–H and O–H groups in total. The van der Waals surface area contributed by atoms with E-state index in [1.54, 1.807) is 63.5 Å². The Kier molecular flexibility index (Phi) is 7.36. The average Bonchev–Trinajstić information content (AvgIpc) is 3.79. The largest absolute Gasteiger partial charge is 0.497 e. The topological polar surface area (TPSA) is 79.0 Å². The van der Waals surface area contributed by atoms with Crippen LogP contribution >= 0.6 is 34.9 Å². The van der Waals surface area contributed by atoms with Crippen LogP contribution in [0.5, 0.6) is 5.75 Å². The number of nitrogens with zero attached hydrogens (tertiary/aromatic N) is 4. The molecule has 0 fully saturated rings. The predicted molar refractivity (Wildman–Crippen MR) is 177 cm³/mol. The molecular formula is C33H28N4O3S3. The van der Waals surface area contributed by atoms with Gasteiger partial charge in [-0.1, -0.05) is 13.0 Å². The molecule has 6 aromatic rings. The minimum Gasteiger partial charge on any atom is -0.497 e. The zero-order valence-corrected chi connectivity index (χ0v) is 26.3. The van der Waals surface area contributed by atoms with E-state index in [0.717, 1.165) is 77.9 Å². The third kappa shape index (κ3) is 4.77. The standard InChI is InChI=1S/C18H16N2O2S.C15H12N2OS2/c1-11-9-15-16(23-11)14-7-4-8-19-17(14)20(18(15)21)12-5-3-6-13(10-12)22-2;1-9-4-7-20-15(9)17-13-10(3-2-6-16-13)12-11(14(17)18)5-8-19-12/h3-8,10-11H,9H2,1-2H3;2-4,6-7H,5,8H2,1H3. The van der Waals surface area contributed by atoms with Gasteiger partial charge in [-0.25, -0.2) is 9.97 Å². The second-order valence-electron chi connectivity index (χ2n) is 10.5. The first-order valence-corrected chi connectivity index (χ1v) is 16.7. The molecule has 7 nitrogen and oxygen atoms in total. The Morgan fingerprint density at radius 3 is 2.33 bits per heavy atom. The van der Waals surface area contributed by atoms with Crippen LogP contribution in [-0.2, 0) is 12.8 Å². The van der Waals surface area contributed by atoms with Crippen LogP contribution in [-0.4, -0.2) is 37.2 Å². The van der Waals surface area contributed by atoms with Gasteiger partial charge < -0.3 is 4.74 Å². The molecule has 10 heteroatoms. The van der Waals surface area contributed by atoms with E-state index in [4.69, 9.17) is 4.74 Å². The number of hydrogen-bond acceptors (Lipinski definition) is 8. The first kappa shape index (κ1) is 27.9. The highest BCUT2D eigenvalue weighted by atomic mass is 32.2. The van der Waals surface area contributed by atoms with Gasteiger partial charge in [0.1, 0.15) is 22.0 Å². The Bertz CT molecular complexity index is 2150. The normalized spacial score (nSPS) is 15.3. The van der Waals surface area contributed by atoms with Crippen molar-refractivity contribution >= 4 is 56.9 Å². The predicted octanol–water partition coefficient (Wildman–Crippen LogP) is 6.83. The number of pyridine rings is 4. The molecule has 0 aliphatic carbocycles. The lowest BCUT2D eigenvalue weighted by molar-refractivity contribution is 0.414. The zero-order chi connectivity index (χ0) is 29.7. The van der Waals surface area contributed by atoms with Gasteiger partial charge in [0, 0.05) is 61.2 Å². The third-order valence-electron chi connectivity index (χ3n) is 7.72. The second-order valence-corrected chi connectivity index (χ2v) is 13.9. The number of methoxy groups -OCH3 is 1. The van der Waals surface area contributed by atoms with Crippen molar-refractivity contribution in [3.8, 4) is 16.4 Å². The summed E-state index contributed by atoms with van der Waals surface area (Å²) in [5.74, 6) is 1.71. The summed E-state index contributed by atoms with van der Waals surface area (Å²) in [7, 11) is 1.62. The highest BCUT2D eigenvalue weighted by molar-refractivity contribution is 8.00. The number of hydrogen-bond donors (Lipinski definition) is 0. The molecule has 43 heavy (non-hydrogen) atoms. The van der Waals surface area contributed by atoms with Gasteiger partial charge in [-0.2, -0.15) is 0 Å². The summed E-state index contributed by atoms with van der Waals surface area (Å²) in [4.78, 5) is 37.1.